The largest absolute Gasteiger partial charge is 0.416 e. The molecule has 0 saturated carbocycles. The van der Waals surface area contributed by atoms with E-state index in [9.17, 15) is 31.4 Å². The van der Waals surface area contributed by atoms with Crippen LogP contribution < -0.4 is 0 Å². The van der Waals surface area contributed by atoms with Crippen molar-refractivity contribution in [2.45, 2.75) is 31.4 Å². The molecule has 0 aliphatic heterocycles. The van der Waals surface area contributed by atoms with Gasteiger partial charge in [0, 0.05) is 5.56 Å². The van der Waals surface area contributed by atoms with Gasteiger partial charge in [0.25, 0.3) is 0 Å². The summed E-state index contributed by atoms with van der Waals surface area (Å²) < 4.78 is 74.2. The van der Waals surface area contributed by atoms with Crippen LogP contribution in [0.5, 0.6) is 0 Å². The zero-order chi connectivity index (χ0) is 17.3. The second-order valence-corrected chi connectivity index (χ2v) is 4.72. The maximum atomic E-state index is 12.6. The third kappa shape index (κ3) is 4.91. The number of hydrogen-bond acceptors (Lipinski definition) is 4. The maximum Gasteiger partial charge on any atom is 0.416 e. The molecular formula is C12H10F6N4O. The van der Waals surface area contributed by atoms with Gasteiger partial charge in [-0.15, -0.1) is 10.2 Å². The standard InChI is InChI=1S/C12H10F6N4O/c13-11(14,15)5-9(23)6-22-20-10(19-21-22)7-2-1-3-8(4-7)12(16,17)18/h1-4,9,23H,5-6H2/t9-/m1/s1. The van der Waals surface area contributed by atoms with Crippen LogP contribution in [0.4, 0.5) is 26.3 Å². The Hall–Kier alpha value is -2.17. The first-order valence-corrected chi connectivity index (χ1v) is 6.25. The number of halogens is 6. The predicted molar refractivity (Wildman–Crippen MR) is 64.9 cm³/mol. The number of hydrogen-bond donors (Lipinski definition) is 1. The van der Waals surface area contributed by atoms with Crippen LogP contribution in [0, 0.1) is 0 Å². The topological polar surface area (TPSA) is 63.8 Å². The number of aliphatic hydroxyl groups is 1. The summed E-state index contributed by atoms with van der Waals surface area (Å²) in [5, 5.41) is 19.8. The monoisotopic (exact) mass is 340 g/mol. The molecule has 2 aromatic rings. The quantitative estimate of drug-likeness (QED) is 0.869. The van der Waals surface area contributed by atoms with Crippen LogP contribution >= 0.6 is 0 Å². The summed E-state index contributed by atoms with van der Waals surface area (Å²) in [5.74, 6) is -0.185. The van der Waals surface area contributed by atoms with Gasteiger partial charge < -0.3 is 5.11 Å². The van der Waals surface area contributed by atoms with Gasteiger partial charge in [-0.2, -0.15) is 31.1 Å². The van der Waals surface area contributed by atoms with E-state index in [1.165, 1.54) is 6.07 Å². The minimum Gasteiger partial charge on any atom is -0.391 e. The number of nitrogens with zero attached hydrogens (tertiary/aromatic N) is 4. The fourth-order valence-corrected chi connectivity index (χ4v) is 1.79. The van der Waals surface area contributed by atoms with Crippen molar-refractivity contribution in [1.29, 1.82) is 0 Å². The Morgan fingerprint density at radius 1 is 1.13 bits per heavy atom. The first kappa shape index (κ1) is 17.2. The molecule has 1 atom stereocenters. The van der Waals surface area contributed by atoms with Crippen molar-refractivity contribution < 1.29 is 31.4 Å². The number of aromatic nitrogens is 4. The molecule has 0 aliphatic rings. The number of aliphatic hydroxyl groups excluding tert-OH is 1. The minimum absolute atomic E-state index is 0.0105. The highest BCUT2D eigenvalue weighted by Gasteiger charge is 2.32. The smallest absolute Gasteiger partial charge is 0.391 e. The molecule has 1 aromatic heterocycles. The molecule has 0 amide bonds. The van der Waals surface area contributed by atoms with E-state index < -0.39 is 37.0 Å². The lowest BCUT2D eigenvalue weighted by Crippen LogP contribution is -2.25. The fourth-order valence-electron chi connectivity index (χ4n) is 1.79. The fraction of sp³-hybridized carbons (Fsp3) is 0.417. The van der Waals surface area contributed by atoms with Gasteiger partial charge in [-0.3, -0.25) is 0 Å². The summed E-state index contributed by atoms with van der Waals surface area (Å²) in [4.78, 5) is 0.700. The van der Waals surface area contributed by atoms with E-state index in [2.05, 4.69) is 15.4 Å². The van der Waals surface area contributed by atoms with E-state index in [1.54, 1.807) is 0 Å². The van der Waals surface area contributed by atoms with Gasteiger partial charge in [0.1, 0.15) is 0 Å². The van der Waals surface area contributed by atoms with Crippen LogP contribution in [0.3, 0.4) is 0 Å². The average Bonchev–Trinajstić information content (AvgIpc) is 2.84. The maximum absolute atomic E-state index is 12.6. The lowest BCUT2D eigenvalue weighted by atomic mass is 10.1. The van der Waals surface area contributed by atoms with Gasteiger partial charge in [0.15, 0.2) is 0 Å². The molecular weight excluding hydrogens is 330 g/mol. The van der Waals surface area contributed by atoms with Crippen LogP contribution in [0.2, 0.25) is 0 Å². The molecule has 0 saturated heterocycles. The van der Waals surface area contributed by atoms with Gasteiger partial charge in [0.05, 0.1) is 24.6 Å². The van der Waals surface area contributed by atoms with Crippen molar-refractivity contribution in [2.24, 2.45) is 0 Å². The molecule has 1 aromatic carbocycles. The SMILES string of the molecule is O[C@@H](Cn1nnc(-c2cccc(C(F)(F)F)c2)n1)CC(F)(F)F. The molecule has 0 spiro atoms. The average molecular weight is 340 g/mol. The van der Waals surface area contributed by atoms with E-state index in [1.807, 2.05) is 0 Å². The lowest BCUT2D eigenvalue weighted by Gasteiger charge is -2.11. The molecule has 1 heterocycles. The van der Waals surface area contributed by atoms with Crippen molar-refractivity contribution in [3.8, 4) is 11.4 Å². The van der Waals surface area contributed by atoms with Crippen molar-refractivity contribution in [1.82, 2.24) is 20.2 Å². The third-order valence-corrected chi connectivity index (χ3v) is 2.74. The molecule has 0 unspecified atom stereocenters. The number of tetrazole rings is 1. The second-order valence-electron chi connectivity index (χ2n) is 4.72. The highest BCUT2D eigenvalue weighted by molar-refractivity contribution is 5.55. The molecule has 0 bridgehead atoms. The number of rotatable bonds is 4. The molecule has 1 N–H and O–H groups in total. The molecule has 23 heavy (non-hydrogen) atoms. The Bertz CT molecular complexity index is 666. The Balaban J connectivity index is 2.13. The van der Waals surface area contributed by atoms with Crippen molar-refractivity contribution >= 4 is 0 Å². The number of alkyl halides is 6. The highest BCUT2D eigenvalue weighted by atomic mass is 19.4. The Morgan fingerprint density at radius 2 is 1.83 bits per heavy atom. The zero-order valence-corrected chi connectivity index (χ0v) is 11.3. The van der Waals surface area contributed by atoms with Crippen LogP contribution in [-0.2, 0) is 12.7 Å². The molecule has 0 radical (unpaired) electrons. The van der Waals surface area contributed by atoms with Crippen molar-refractivity contribution in [3.63, 3.8) is 0 Å². The molecule has 5 nitrogen and oxygen atoms in total. The molecule has 126 valence electrons. The highest BCUT2D eigenvalue weighted by Crippen LogP contribution is 2.31. The van der Waals surface area contributed by atoms with Gasteiger partial charge in [0.2, 0.25) is 5.82 Å². The van der Waals surface area contributed by atoms with Crippen LogP contribution in [-0.4, -0.2) is 37.6 Å². The molecule has 2 rings (SSSR count). The summed E-state index contributed by atoms with van der Waals surface area (Å²) >= 11 is 0. The van der Waals surface area contributed by atoms with E-state index in [4.69, 9.17) is 0 Å². The minimum atomic E-state index is -4.55. The Labute approximate surface area is 125 Å². The van der Waals surface area contributed by atoms with Crippen LogP contribution in [0.15, 0.2) is 24.3 Å². The molecule has 0 fully saturated rings. The summed E-state index contributed by atoms with van der Waals surface area (Å²) in [6, 6.07) is 4.12. The zero-order valence-electron chi connectivity index (χ0n) is 11.3. The normalized spacial score (nSPS) is 14.0. The summed E-state index contributed by atoms with van der Waals surface area (Å²) in [6.45, 7) is -0.578. The first-order chi connectivity index (χ1) is 10.5. The molecule has 11 heteroatoms. The van der Waals surface area contributed by atoms with Gasteiger partial charge in [-0.1, -0.05) is 12.1 Å². The number of benzene rings is 1. The summed E-state index contributed by atoms with van der Waals surface area (Å²) in [5.41, 5.74) is -0.903. The summed E-state index contributed by atoms with van der Waals surface area (Å²) in [6.07, 6.45) is -12.3. The summed E-state index contributed by atoms with van der Waals surface area (Å²) in [7, 11) is 0. The van der Waals surface area contributed by atoms with Crippen molar-refractivity contribution in [3.05, 3.63) is 29.8 Å². The van der Waals surface area contributed by atoms with E-state index in [0.29, 0.717) is 4.80 Å². The van der Waals surface area contributed by atoms with E-state index in [0.717, 1.165) is 18.2 Å². The van der Waals surface area contributed by atoms with Crippen LogP contribution in [0.1, 0.15) is 12.0 Å². The third-order valence-electron chi connectivity index (χ3n) is 2.74. The lowest BCUT2D eigenvalue weighted by molar-refractivity contribution is -0.155. The Kier molecular flexibility index (Phi) is 4.59. The molecule has 0 aliphatic carbocycles. The van der Waals surface area contributed by atoms with Gasteiger partial charge >= 0.3 is 12.4 Å². The second kappa shape index (κ2) is 6.14. The Morgan fingerprint density at radius 3 is 2.43 bits per heavy atom. The van der Waals surface area contributed by atoms with Gasteiger partial charge in [-0.25, -0.2) is 0 Å². The van der Waals surface area contributed by atoms with Crippen molar-refractivity contribution in [2.75, 3.05) is 0 Å². The first-order valence-electron chi connectivity index (χ1n) is 6.25. The van der Waals surface area contributed by atoms with Gasteiger partial charge in [-0.05, 0) is 17.3 Å². The van der Waals surface area contributed by atoms with E-state index in [-0.39, 0.29) is 11.4 Å². The predicted octanol–water partition coefficient (Wildman–Crippen LogP) is 2.67. The van der Waals surface area contributed by atoms with Crippen LogP contribution in [0.25, 0.3) is 11.4 Å². The van der Waals surface area contributed by atoms with E-state index >= 15 is 0 Å².